The Hall–Kier alpha value is -2.70. The second kappa shape index (κ2) is 6.60. The Morgan fingerprint density at radius 2 is 2.09 bits per heavy atom. The van der Waals surface area contributed by atoms with Gasteiger partial charge >= 0.3 is 5.97 Å². The van der Waals surface area contributed by atoms with E-state index in [-0.39, 0.29) is 19.0 Å². The second-order valence-electron chi connectivity index (χ2n) is 5.71. The average molecular weight is 314 g/mol. The summed E-state index contributed by atoms with van der Waals surface area (Å²) in [5.41, 5.74) is 4.29. The lowest BCUT2D eigenvalue weighted by molar-refractivity contribution is -0.138. The molecule has 1 aliphatic carbocycles. The summed E-state index contributed by atoms with van der Waals surface area (Å²) in [7, 11) is 0. The summed E-state index contributed by atoms with van der Waals surface area (Å²) in [6.45, 7) is -0.000531. The van der Waals surface area contributed by atoms with Gasteiger partial charge in [-0.05, 0) is 36.0 Å². The summed E-state index contributed by atoms with van der Waals surface area (Å²) >= 11 is 0. The van der Waals surface area contributed by atoms with Crippen molar-refractivity contribution in [2.45, 2.75) is 38.8 Å². The lowest BCUT2D eigenvalue weighted by atomic mass is 10.0. The van der Waals surface area contributed by atoms with Crippen molar-refractivity contribution in [1.29, 1.82) is 0 Å². The van der Waals surface area contributed by atoms with Gasteiger partial charge in [0.05, 0.1) is 19.2 Å². The molecule has 0 saturated carbocycles. The van der Waals surface area contributed by atoms with Crippen molar-refractivity contribution in [2.24, 2.45) is 0 Å². The molecular weight excluding hydrogens is 296 g/mol. The monoisotopic (exact) mass is 314 g/mol. The van der Waals surface area contributed by atoms with Gasteiger partial charge in [0.25, 0.3) is 0 Å². The number of aryl methyl sites for hydroxylation is 2. The quantitative estimate of drug-likeness (QED) is 0.818. The molecule has 0 radical (unpaired) electrons. The number of fused-ring (bicyclic) bond motifs is 1. The fourth-order valence-corrected chi connectivity index (χ4v) is 2.81. The standard InChI is InChI=1S/C16H18N4O3/c21-15(7-11-4-5-12-2-1-3-13(12)6-11)17-8-14-9-20(19-18-14)10-16(22)23/h4-6,9H,1-3,7-8,10H2,(H,17,21)(H,22,23). The molecular formula is C16H18N4O3. The minimum atomic E-state index is -0.984. The van der Waals surface area contributed by atoms with Crippen molar-refractivity contribution in [2.75, 3.05) is 0 Å². The highest BCUT2D eigenvalue weighted by atomic mass is 16.4. The van der Waals surface area contributed by atoms with Gasteiger partial charge in [0.2, 0.25) is 5.91 Å². The summed E-state index contributed by atoms with van der Waals surface area (Å²) in [6.07, 6.45) is 5.27. The Morgan fingerprint density at radius 3 is 2.91 bits per heavy atom. The van der Waals surface area contributed by atoms with Gasteiger partial charge in [-0.2, -0.15) is 0 Å². The summed E-state index contributed by atoms with van der Waals surface area (Å²) in [6, 6.07) is 6.24. The van der Waals surface area contributed by atoms with Crippen LogP contribution in [0.5, 0.6) is 0 Å². The van der Waals surface area contributed by atoms with Crippen LogP contribution in [0, 0.1) is 0 Å². The van der Waals surface area contributed by atoms with Crippen molar-refractivity contribution in [3.8, 4) is 0 Å². The van der Waals surface area contributed by atoms with Gasteiger partial charge in [-0.25, -0.2) is 4.68 Å². The maximum Gasteiger partial charge on any atom is 0.325 e. The van der Waals surface area contributed by atoms with E-state index in [2.05, 4.69) is 27.8 Å². The largest absolute Gasteiger partial charge is 0.480 e. The van der Waals surface area contributed by atoms with E-state index in [0.717, 1.165) is 18.4 Å². The molecule has 1 aliphatic rings. The van der Waals surface area contributed by atoms with Gasteiger partial charge in [-0.15, -0.1) is 5.10 Å². The van der Waals surface area contributed by atoms with Crippen LogP contribution in [0.4, 0.5) is 0 Å². The molecule has 0 spiro atoms. The minimum Gasteiger partial charge on any atom is -0.480 e. The Labute approximate surface area is 133 Å². The van der Waals surface area contributed by atoms with E-state index in [0.29, 0.717) is 12.1 Å². The predicted octanol–water partition coefficient (Wildman–Crippen LogP) is 0.710. The zero-order chi connectivity index (χ0) is 16.2. The summed E-state index contributed by atoms with van der Waals surface area (Å²) in [5.74, 6) is -1.07. The number of carbonyl (C=O) groups excluding carboxylic acids is 1. The molecule has 1 aromatic carbocycles. The Balaban J connectivity index is 1.51. The maximum atomic E-state index is 12.0. The maximum absolute atomic E-state index is 12.0. The van der Waals surface area contributed by atoms with Gasteiger partial charge in [0.15, 0.2) is 0 Å². The number of benzene rings is 1. The molecule has 0 atom stereocenters. The van der Waals surface area contributed by atoms with Crippen LogP contribution in [0.1, 0.15) is 28.8 Å². The van der Waals surface area contributed by atoms with E-state index < -0.39 is 5.97 Å². The molecule has 7 heteroatoms. The molecule has 1 aromatic heterocycles. The van der Waals surface area contributed by atoms with Crippen LogP contribution >= 0.6 is 0 Å². The van der Waals surface area contributed by atoms with E-state index in [9.17, 15) is 9.59 Å². The predicted molar refractivity (Wildman–Crippen MR) is 81.7 cm³/mol. The highest BCUT2D eigenvalue weighted by Crippen LogP contribution is 2.22. The Kier molecular flexibility index (Phi) is 4.36. The van der Waals surface area contributed by atoms with Crippen LogP contribution in [0.2, 0.25) is 0 Å². The fraction of sp³-hybridized carbons (Fsp3) is 0.375. The van der Waals surface area contributed by atoms with E-state index >= 15 is 0 Å². The lowest BCUT2D eigenvalue weighted by Crippen LogP contribution is -2.24. The summed E-state index contributed by atoms with van der Waals surface area (Å²) < 4.78 is 1.23. The number of carbonyl (C=O) groups is 2. The number of aromatic nitrogens is 3. The molecule has 0 bridgehead atoms. The first-order chi connectivity index (χ1) is 11.1. The van der Waals surface area contributed by atoms with Crippen molar-refractivity contribution in [3.05, 3.63) is 46.8 Å². The van der Waals surface area contributed by atoms with Crippen LogP contribution < -0.4 is 5.32 Å². The van der Waals surface area contributed by atoms with Crippen molar-refractivity contribution < 1.29 is 14.7 Å². The first-order valence-electron chi connectivity index (χ1n) is 7.58. The van der Waals surface area contributed by atoms with Crippen LogP contribution in [-0.4, -0.2) is 32.0 Å². The molecule has 0 fully saturated rings. The van der Waals surface area contributed by atoms with Crippen molar-refractivity contribution >= 4 is 11.9 Å². The SMILES string of the molecule is O=C(O)Cn1cc(CNC(=O)Cc2ccc3c(c2)CCC3)nn1. The summed E-state index contributed by atoms with van der Waals surface area (Å²) in [4.78, 5) is 22.6. The van der Waals surface area contributed by atoms with Gasteiger partial charge in [0.1, 0.15) is 12.2 Å². The molecule has 0 saturated heterocycles. The number of amides is 1. The molecule has 23 heavy (non-hydrogen) atoms. The zero-order valence-corrected chi connectivity index (χ0v) is 12.7. The number of nitrogens with zero attached hydrogens (tertiary/aromatic N) is 3. The molecule has 0 aliphatic heterocycles. The Bertz CT molecular complexity index is 739. The third-order valence-corrected chi connectivity index (χ3v) is 3.88. The van der Waals surface area contributed by atoms with Crippen LogP contribution in [-0.2, 0) is 41.9 Å². The highest BCUT2D eigenvalue weighted by Gasteiger charge is 2.12. The lowest BCUT2D eigenvalue weighted by Gasteiger charge is -2.06. The number of hydrogen-bond acceptors (Lipinski definition) is 4. The number of hydrogen-bond donors (Lipinski definition) is 2. The molecule has 1 heterocycles. The van der Waals surface area contributed by atoms with E-state index in [4.69, 9.17) is 5.11 Å². The van der Waals surface area contributed by atoms with E-state index in [1.807, 2.05) is 6.07 Å². The molecule has 120 valence electrons. The minimum absolute atomic E-state index is 0.0873. The number of nitrogens with one attached hydrogen (secondary N) is 1. The van der Waals surface area contributed by atoms with E-state index in [1.54, 1.807) is 0 Å². The normalized spacial score (nSPS) is 12.9. The molecule has 3 rings (SSSR count). The third kappa shape index (κ3) is 3.94. The van der Waals surface area contributed by atoms with Gasteiger partial charge in [0, 0.05) is 0 Å². The van der Waals surface area contributed by atoms with Crippen molar-refractivity contribution in [1.82, 2.24) is 20.3 Å². The average Bonchev–Trinajstić information content (AvgIpc) is 3.13. The topological polar surface area (TPSA) is 97.1 Å². The molecule has 2 aromatic rings. The Morgan fingerprint density at radius 1 is 1.26 bits per heavy atom. The third-order valence-electron chi connectivity index (χ3n) is 3.88. The molecule has 0 unspecified atom stereocenters. The second-order valence-corrected chi connectivity index (χ2v) is 5.71. The van der Waals surface area contributed by atoms with Crippen molar-refractivity contribution in [3.63, 3.8) is 0 Å². The number of carboxylic acids is 1. The summed E-state index contributed by atoms with van der Waals surface area (Å²) in [5, 5.41) is 19.0. The smallest absolute Gasteiger partial charge is 0.325 e. The van der Waals surface area contributed by atoms with Crippen LogP contribution in [0.25, 0.3) is 0 Å². The number of carboxylic acid groups (broad SMARTS) is 1. The highest BCUT2D eigenvalue weighted by molar-refractivity contribution is 5.78. The van der Waals surface area contributed by atoms with Gasteiger partial charge < -0.3 is 10.4 Å². The number of rotatable bonds is 6. The zero-order valence-electron chi connectivity index (χ0n) is 12.7. The molecule has 2 N–H and O–H groups in total. The van der Waals surface area contributed by atoms with E-state index in [1.165, 1.54) is 28.4 Å². The number of aliphatic carboxylic acids is 1. The molecule has 1 amide bonds. The van der Waals surface area contributed by atoms with Gasteiger partial charge in [-0.3, -0.25) is 9.59 Å². The van der Waals surface area contributed by atoms with Crippen LogP contribution in [0.3, 0.4) is 0 Å². The van der Waals surface area contributed by atoms with Gasteiger partial charge in [-0.1, -0.05) is 23.4 Å². The molecule has 7 nitrogen and oxygen atoms in total. The van der Waals surface area contributed by atoms with Crippen LogP contribution in [0.15, 0.2) is 24.4 Å². The first kappa shape index (κ1) is 15.2. The first-order valence-corrected chi connectivity index (χ1v) is 7.58. The fourth-order valence-electron chi connectivity index (χ4n) is 2.81.